The summed E-state index contributed by atoms with van der Waals surface area (Å²) in [7, 11) is 0. The van der Waals surface area contributed by atoms with Crippen LogP contribution in [0, 0.1) is 4.84 Å². The molecule has 0 amide bonds. The topological polar surface area (TPSA) is 58.0 Å². The minimum atomic E-state index is 0.308. The van der Waals surface area contributed by atoms with E-state index in [-0.39, 0.29) is 0 Å². The van der Waals surface area contributed by atoms with Crippen LogP contribution in [0.2, 0.25) is 0 Å². The quantitative estimate of drug-likeness (QED) is 0.877. The maximum absolute atomic E-state index is 5.39. The van der Waals surface area contributed by atoms with Gasteiger partial charge in [0.05, 0.1) is 5.69 Å². The van der Waals surface area contributed by atoms with E-state index in [0.29, 0.717) is 10.7 Å². The molecule has 0 saturated carbocycles. The first-order valence-electron chi connectivity index (χ1n) is 6.08. The molecule has 96 valence electrons. The number of anilines is 1. The van der Waals surface area contributed by atoms with E-state index in [1.165, 1.54) is 12.8 Å². The maximum atomic E-state index is 5.39. The third kappa shape index (κ3) is 2.08. The first kappa shape index (κ1) is 11.9. The molecule has 18 heavy (non-hydrogen) atoms. The third-order valence-corrected chi connectivity index (χ3v) is 4.35. The summed E-state index contributed by atoms with van der Waals surface area (Å²) in [5, 5.41) is 7.82. The van der Waals surface area contributed by atoms with Crippen molar-refractivity contribution in [2.24, 2.45) is 0 Å². The Morgan fingerprint density at radius 1 is 1.44 bits per heavy atom. The van der Waals surface area contributed by atoms with E-state index in [2.05, 4.69) is 22.0 Å². The van der Waals surface area contributed by atoms with E-state index in [1.807, 2.05) is 0 Å². The number of aryl methyl sites for hydroxylation is 1. The molecule has 7 heteroatoms. The normalized spacial score (nSPS) is 15.5. The molecule has 1 N–H and O–H groups in total. The lowest BCUT2D eigenvalue weighted by Crippen LogP contribution is -2.17. The van der Waals surface area contributed by atoms with Crippen molar-refractivity contribution in [2.45, 2.75) is 26.2 Å². The highest BCUT2D eigenvalue weighted by molar-refractivity contribution is 7.71. The predicted molar refractivity (Wildman–Crippen MR) is 73.6 cm³/mol. The lowest BCUT2D eigenvalue weighted by Gasteiger charge is -2.12. The van der Waals surface area contributed by atoms with Gasteiger partial charge in [0.2, 0.25) is 0 Å². The molecule has 5 nitrogen and oxygen atoms in total. The van der Waals surface area contributed by atoms with Gasteiger partial charge in [0.15, 0.2) is 5.13 Å². The molecule has 0 spiro atoms. The summed E-state index contributed by atoms with van der Waals surface area (Å²) in [5.41, 5.74) is 1.03. The number of hydrogen-bond donors (Lipinski definition) is 1. The van der Waals surface area contributed by atoms with Gasteiger partial charge in [-0.05, 0) is 31.5 Å². The lowest BCUT2D eigenvalue weighted by molar-refractivity contribution is 0.552. The van der Waals surface area contributed by atoms with Crippen LogP contribution in [0.3, 0.4) is 0 Å². The highest BCUT2D eigenvalue weighted by Crippen LogP contribution is 2.35. The van der Waals surface area contributed by atoms with Crippen LogP contribution in [0.5, 0.6) is 0 Å². The Labute approximate surface area is 114 Å². The molecule has 0 aromatic carbocycles. The molecule has 0 aliphatic carbocycles. The Morgan fingerprint density at radius 2 is 2.22 bits per heavy atom. The molecule has 1 aliphatic heterocycles. The largest absolute Gasteiger partial charge is 0.408 e. The summed E-state index contributed by atoms with van der Waals surface area (Å²) in [4.78, 5) is 8.32. The number of thiazole rings is 1. The van der Waals surface area contributed by atoms with Crippen LogP contribution in [0.1, 0.15) is 25.5 Å². The number of nitrogens with zero attached hydrogens (tertiary/aromatic N) is 3. The molecule has 0 atom stereocenters. The third-order valence-electron chi connectivity index (χ3n) is 3.03. The molecule has 0 unspecified atom stereocenters. The van der Waals surface area contributed by atoms with Crippen molar-refractivity contribution in [3.63, 3.8) is 0 Å². The predicted octanol–water partition coefficient (Wildman–Crippen LogP) is 3.02. The summed E-state index contributed by atoms with van der Waals surface area (Å²) in [5.74, 6) is 0.555. The number of H-pyrrole nitrogens is 1. The Morgan fingerprint density at radius 3 is 2.83 bits per heavy atom. The summed E-state index contributed by atoms with van der Waals surface area (Å²) in [6.07, 6.45) is 3.37. The van der Waals surface area contributed by atoms with E-state index in [1.54, 1.807) is 11.3 Å². The molecular weight excluding hydrogens is 268 g/mol. The highest BCUT2D eigenvalue weighted by atomic mass is 32.1. The maximum Gasteiger partial charge on any atom is 0.284 e. The molecular formula is C11H14N4OS2. The minimum Gasteiger partial charge on any atom is -0.408 e. The van der Waals surface area contributed by atoms with Crippen LogP contribution in [-0.2, 0) is 6.42 Å². The molecule has 3 rings (SSSR count). The fourth-order valence-electron chi connectivity index (χ4n) is 2.12. The van der Waals surface area contributed by atoms with Gasteiger partial charge in [-0.3, -0.25) is 0 Å². The van der Waals surface area contributed by atoms with Crippen LogP contribution in [0.4, 0.5) is 5.13 Å². The van der Waals surface area contributed by atoms with Gasteiger partial charge in [-0.15, -0.1) is 5.10 Å². The standard InChI is InChI=1S/C11H14N4OS2/c1-2-7-8(9-13-14-11(17)16-9)18-10(12-7)15-5-3-4-6-15/h2-6H2,1H3,(H,14,17). The number of aromatic nitrogens is 3. The van der Waals surface area contributed by atoms with Crippen molar-refractivity contribution in [1.82, 2.24) is 15.2 Å². The van der Waals surface area contributed by atoms with E-state index < -0.39 is 0 Å². The summed E-state index contributed by atoms with van der Waals surface area (Å²) in [6, 6.07) is 0. The second-order valence-corrected chi connectivity index (χ2v) is 5.59. The van der Waals surface area contributed by atoms with Crippen LogP contribution < -0.4 is 4.90 Å². The molecule has 3 heterocycles. The van der Waals surface area contributed by atoms with Crippen molar-refractivity contribution in [1.29, 1.82) is 0 Å². The summed E-state index contributed by atoms with van der Waals surface area (Å²) < 4.78 is 5.39. The van der Waals surface area contributed by atoms with Gasteiger partial charge < -0.3 is 9.32 Å². The number of hydrogen-bond acceptors (Lipinski definition) is 6. The Balaban J connectivity index is 2.00. The lowest BCUT2D eigenvalue weighted by atomic mass is 10.3. The van der Waals surface area contributed by atoms with Crippen LogP contribution in [-0.4, -0.2) is 28.3 Å². The van der Waals surface area contributed by atoms with E-state index in [9.17, 15) is 0 Å². The Kier molecular flexibility index (Phi) is 3.17. The fourth-order valence-corrected chi connectivity index (χ4v) is 3.37. The second-order valence-electron chi connectivity index (χ2n) is 4.24. The molecule has 0 radical (unpaired) electrons. The van der Waals surface area contributed by atoms with E-state index in [4.69, 9.17) is 21.6 Å². The molecule has 1 fully saturated rings. The summed E-state index contributed by atoms with van der Waals surface area (Å²) in [6.45, 7) is 4.29. The van der Waals surface area contributed by atoms with Gasteiger partial charge >= 0.3 is 0 Å². The number of aromatic amines is 1. The zero-order chi connectivity index (χ0) is 12.5. The first-order valence-corrected chi connectivity index (χ1v) is 7.31. The van der Waals surface area contributed by atoms with Crippen LogP contribution in [0.25, 0.3) is 10.8 Å². The Hall–Kier alpha value is -1.21. The molecule has 1 saturated heterocycles. The molecule has 0 bridgehead atoms. The van der Waals surface area contributed by atoms with Crippen molar-refractivity contribution in [3.05, 3.63) is 10.5 Å². The molecule has 1 aliphatic rings. The Bertz CT molecular complexity index is 594. The van der Waals surface area contributed by atoms with Gasteiger partial charge in [-0.2, -0.15) is 0 Å². The van der Waals surface area contributed by atoms with Crippen molar-refractivity contribution in [3.8, 4) is 10.8 Å². The van der Waals surface area contributed by atoms with Gasteiger partial charge in [-0.25, -0.2) is 10.1 Å². The fraction of sp³-hybridized carbons (Fsp3) is 0.545. The van der Waals surface area contributed by atoms with Crippen LogP contribution in [0.15, 0.2) is 4.42 Å². The van der Waals surface area contributed by atoms with Crippen LogP contribution >= 0.6 is 23.6 Å². The van der Waals surface area contributed by atoms with Crippen molar-refractivity contribution < 1.29 is 4.42 Å². The summed E-state index contributed by atoms with van der Waals surface area (Å²) >= 11 is 6.56. The SMILES string of the molecule is CCc1nc(N2CCCC2)sc1-c1n[nH]c(=S)o1. The van der Waals surface area contributed by atoms with Gasteiger partial charge in [0.1, 0.15) is 4.88 Å². The van der Waals surface area contributed by atoms with Gasteiger partial charge in [-0.1, -0.05) is 18.3 Å². The molecule has 2 aromatic heterocycles. The van der Waals surface area contributed by atoms with Gasteiger partial charge in [0.25, 0.3) is 10.7 Å². The number of nitrogens with one attached hydrogen (secondary N) is 1. The van der Waals surface area contributed by atoms with E-state index >= 15 is 0 Å². The highest BCUT2D eigenvalue weighted by Gasteiger charge is 2.21. The van der Waals surface area contributed by atoms with Crippen molar-refractivity contribution in [2.75, 3.05) is 18.0 Å². The zero-order valence-electron chi connectivity index (χ0n) is 10.1. The second kappa shape index (κ2) is 4.81. The van der Waals surface area contributed by atoms with E-state index in [0.717, 1.165) is 35.2 Å². The number of rotatable bonds is 3. The average molecular weight is 282 g/mol. The zero-order valence-corrected chi connectivity index (χ0v) is 11.7. The average Bonchev–Trinajstić information content (AvgIpc) is 3.07. The van der Waals surface area contributed by atoms with Gasteiger partial charge in [0, 0.05) is 13.1 Å². The van der Waals surface area contributed by atoms with Crippen molar-refractivity contribution >= 4 is 28.7 Å². The monoisotopic (exact) mass is 282 g/mol. The first-order chi connectivity index (χ1) is 8.78. The smallest absolute Gasteiger partial charge is 0.284 e. The molecule has 2 aromatic rings. The minimum absolute atomic E-state index is 0.308.